The molecule has 1 aromatic heterocycles. The molecule has 1 atom stereocenters. The first-order valence-corrected chi connectivity index (χ1v) is 10.6. The van der Waals surface area contributed by atoms with Gasteiger partial charge in [-0.25, -0.2) is 9.78 Å². The van der Waals surface area contributed by atoms with Crippen LogP contribution in [-0.2, 0) is 15.1 Å². The predicted octanol–water partition coefficient (Wildman–Crippen LogP) is 3.82. The van der Waals surface area contributed by atoms with E-state index in [9.17, 15) is 14.4 Å². The van der Waals surface area contributed by atoms with Gasteiger partial charge in [-0.3, -0.25) is 19.4 Å². The molecule has 1 N–H and O–H groups in total. The molecule has 33 heavy (non-hydrogen) atoms. The average Bonchev–Trinajstić information content (AvgIpc) is 3.06. The zero-order chi connectivity index (χ0) is 23.2. The molecule has 164 valence electrons. The summed E-state index contributed by atoms with van der Waals surface area (Å²) in [6.07, 6.45) is 0. The van der Waals surface area contributed by atoms with Gasteiger partial charge in [0.1, 0.15) is 17.9 Å². The lowest BCUT2D eigenvalue weighted by molar-refractivity contribution is -0.134. The van der Waals surface area contributed by atoms with Crippen LogP contribution in [0.25, 0.3) is 21.7 Å². The fraction of sp³-hybridized carbons (Fsp3) is 0.154. The van der Waals surface area contributed by atoms with Crippen LogP contribution >= 0.6 is 0 Å². The summed E-state index contributed by atoms with van der Waals surface area (Å²) in [5.74, 6) is -0.428. The van der Waals surface area contributed by atoms with Crippen LogP contribution in [0.5, 0.6) is 0 Å². The van der Waals surface area contributed by atoms with E-state index in [0.717, 1.165) is 26.6 Å². The van der Waals surface area contributed by atoms with E-state index in [1.54, 1.807) is 20.0 Å². The number of imide groups is 1. The average molecular weight is 438 g/mol. The number of para-hydroxylation sites is 1. The molecule has 2 heterocycles. The molecule has 3 aromatic carbocycles. The van der Waals surface area contributed by atoms with Crippen molar-refractivity contribution < 1.29 is 14.4 Å². The maximum absolute atomic E-state index is 13.3. The van der Waals surface area contributed by atoms with Crippen LogP contribution in [0.2, 0.25) is 0 Å². The zero-order valence-electron chi connectivity index (χ0n) is 18.3. The highest BCUT2D eigenvalue weighted by Gasteiger charge is 2.49. The van der Waals surface area contributed by atoms with Gasteiger partial charge < -0.3 is 5.32 Å². The van der Waals surface area contributed by atoms with E-state index in [4.69, 9.17) is 0 Å². The molecular formula is C26H22N4O3. The number of carbonyl (C=O) groups excluding carboxylic acids is 3. The minimum absolute atomic E-state index is 0.376. The Labute approximate surface area is 190 Å². The smallest absolute Gasteiger partial charge is 0.319 e. The van der Waals surface area contributed by atoms with E-state index in [1.807, 2.05) is 72.8 Å². The van der Waals surface area contributed by atoms with Gasteiger partial charge in [0.15, 0.2) is 0 Å². The molecule has 1 aliphatic rings. The first-order chi connectivity index (χ1) is 15.9. The monoisotopic (exact) mass is 438 g/mol. The Morgan fingerprint density at radius 2 is 1.61 bits per heavy atom. The number of rotatable bonds is 4. The van der Waals surface area contributed by atoms with Gasteiger partial charge >= 0.3 is 6.03 Å². The van der Waals surface area contributed by atoms with Crippen LogP contribution in [0.3, 0.4) is 0 Å². The van der Waals surface area contributed by atoms with E-state index in [2.05, 4.69) is 10.3 Å². The number of benzene rings is 3. The van der Waals surface area contributed by atoms with Crippen molar-refractivity contribution in [1.29, 1.82) is 0 Å². The Bertz CT molecular complexity index is 1430. The van der Waals surface area contributed by atoms with Crippen molar-refractivity contribution >= 4 is 45.3 Å². The Morgan fingerprint density at radius 3 is 2.39 bits per heavy atom. The largest absolute Gasteiger partial charge is 0.325 e. The number of likely N-dealkylation sites (N-methyl/N-ethyl adjacent to an activating group) is 1. The van der Waals surface area contributed by atoms with Crippen LogP contribution in [-0.4, -0.2) is 41.3 Å². The summed E-state index contributed by atoms with van der Waals surface area (Å²) in [5, 5.41) is 5.74. The Morgan fingerprint density at radius 1 is 0.939 bits per heavy atom. The second-order valence-electron chi connectivity index (χ2n) is 8.32. The molecular weight excluding hydrogens is 416 g/mol. The number of pyridine rings is 1. The third-order valence-corrected chi connectivity index (χ3v) is 6.20. The second-order valence-corrected chi connectivity index (χ2v) is 8.32. The van der Waals surface area contributed by atoms with Crippen LogP contribution in [0.4, 0.5) is 10.6 Å². The van der Waals surface area contributed by atoms with E-state index < -0.39 is 23.4 Å². The van der Waals surface area contributed by atoms with Crippen LogP contribution in [0, 0.1) is 0 Å². The molecule has 0 radical (unpaired) electrons. The second kappa shape index (κ2) is 7.70. The number of fused-ring (bicyclic) bond motifs is 2. The van der Waals surface area contributed by atoms with Crippen molar-refractivity contribution in [2.24, 2.45) is 0 Å². The van der Waals surface area contributed by atoms with Crippen molar-refractivity contribution in [2.75, 3.05) is 18.5 Å². The Balaban J connectivity index is 1.38. The molecule has 1 saturated heterocycles. The lowest BCUT2D eigenvalue weighted by Gasteiger charge is -2.23. The van der Waals surface area contributed by atoms with Crippen molar-refractivity contribution in [3.63, 3.8) is 0 Å². The minimum atomic E-state index is -1.25. The number of hydrogen-bond donors (Lipinski definition) is 1. The fourth-order valence-corrected chi connectivity index (χ4v) is 4.15. The number of nitrogens with zero attached hydrogens (tertiary/aromatic N) is 3. The molecule has 7 nitrogen and oxygen atoms in total. The van der Waals surface area contributed by atoms with Gasteiger partial charge in [-0.1, -0.05) is 54.6 Å². The number of anilines is 1. The normalized spacial score (nSPS) is 18.1. The van der Waals surface area contributed by atoms with Crippen LogP contribution in [0.15, 0.2) is 78.9 Å². The molecule has 0 bridgehead atoms. The molecule has 0 aliphatic carbocycles. The SMILES string of the molecule is CN(C(=O)CN1C(=O)NC(C)(c2ccc3ccccc3c2)C1=O)c1ccc2ccccc2n1. The number of nitrogens with one attached hydrogen (secondary N) is 1. The van der Waals surface area contributed by atoms with Crippen LogP contribution in [0.1, 0.15) is 12.5 Å². The van der Waals surface area contributed by atoms with E-state index in [-0.39, 0.29) is 6.54 Å². The molecule has 0 spiro atoms. The standard InChI is InChI=1S/C26H22N4O3/c1-26(20-13-11-17-7-3-4-9-19(17)15-20)24(32)30(25(33)28-26)16-23(31)29(2)22-14-12-18-8-5-6-10-21(18)27-22/h3-15H,16H2,1-2H3,(H,28,33). The van der Waals surface area contributed by atoms with E-state index in [1.165, 1.54) is 4.90 Å². The molecule has 5 rings (SSSR count). The molecule has 1 unspecified atom stereocenters. The molecule has 1 fully saturated rings. The highest BCUT2D eigenvalue weighted by Crippen LogP contribution is 2.31. The molecule has 4 aromatic rings. The number of urea groups is 1. The Kier molecular flexibility index (Phi) is 4.82. The summed E-state index contributed by atoms with van der Waals surface area (Å²) >= 11 is 0. The summed E-state index contributed by atoms with van der Waals surface area (Å²) in [6.45, 7) is 1.29. The van der Waals surface area contributed by atoms with Gasteiger partial charge in [0.05, 0.1) is 5.52 Å². The molecule has 7 heteroatoms. The summed E-state index contributed by atoms with van der Waals surface area (Å²) in [4.78, 5) is 45.8. The van der Waals surface area contributed by atoms with Gasteiger partial charge in [0.2, 0.25) is 5.91 Å². The molecule has 4 amide bonds. The number of amides is 4. The fourth-order valence-electron chi connectivity index (χ4n) is 4.15. The van der Waals surface area contributed by atoms with Crippen LogP contribution < -0.4 is 10.2 Å². The number of aromatic nitrogens is 1. The number of carbonyl (C=O) groups is 3. The van der Waals surface area contributed by atoms with Gasteiger partial charge in [-0.05, 0) is 47.5 Å². The summed E-state index contributed by atoms with van der Waals surface area (Å²) in [6, 6.07) is 24.1. The van der Waals surface area contributed by atoms with Crippen molar-refractivity contribution in [3.05, 3.63) is 84.4 Å². The van der Waals surface area contributed by atoms with E-state index in [0.29, 0.717) is 11.4 Å². The maximum atomic E-state index is 13.3. The first-order valence-electron chi connectivity index (χ1n) is 10.6. The lowest BCUT2D eigenvalue weighted by atomic mass is 9.90. The number of hydrogen-bond acceptors (Lipinski definition) is 4. The highest BCUT2D eigenvalue weighted by molar-refractivity contribution is 6.10. The summed E-state index contributed by atoms with van der Waals surface area (Å²) in [5.41, 5.74) is 0.175. The minimum Gasteiger partial charge on any atom is -0.319 e. The van der Waals surface area contributed by atoms with Gasteiger partial charge in [-0.15, -0.1) is 0 Å². The van der Waals surface area contributed by atoms with Crippen molar-refractivity contribution in [2.45, 2.75) is 12.5 Å². The third kappa shape index (κ3) is 3.47. The molecule has 0 saturated carbocycles. The van der Waals surface area contributed by atoms with Gasteiger partial charge in [0.25, 0.3) is 5.91 Å². The Hall–Kier alpha value is -4.26. The first kappa shape index (κ1) is 20.6. The van der Waals surface area contributed by atoms with Gasteiger partial charge in [-0.2, -0.15) is 0 Å². The highest BCUT2D eigenvalue weighted by atomic mass is 16.2. The predicted molar refractivity (Wildman–Crippen MR) is 127 cm³/mol. The topological polar surface area (TPSA) is 82.6 Å². The summed E-state index contributed by atoms with van der Waals surface area (Å²) in [7, 11) is 1.58. The lowest BCUT2D eigenvalue weighted by Crippen LogP contribution is -2.43. The van der Waals surface area contributed by atoms with Crippen molar-refractivity contribution in [3.8, 4) is 0 Å². The maximum Gasteiger partial charge on any atom is 0.325 e. The summed E-state index contributed by atoms with van der Waals surface area (Å²) < 4.78 is 0. The van der Waals surface area contributed by atoms with Gasteiger partial charge in [0, 0.05) is 12.4 Å². The van der Waals surface area contributed by atoms with E-state index >= 15 is 0 Å². The van der Waals surface area contributed by atoms with Crippen molar-refractivity contribution in [1.82, 2.24) is 15.2 Å². The third-order valence-electron chi connectivity index (χ3n) is 6.20. The molecule has 1 aliphatic heterocycles. The zero-order valence-corrected chi connectivity index (χ0v) is 18.3. The quantitative estimate of drug-likeness (QED) is 0.491.